The van der Waals surface area contributed by atoms with E-state index < -0.39 is 0 Å². The monoisotopic (exact) mass is 395 g/mol. The number of carbonyl (C=O) groups is 1. The molecule has 0 aliphatic carbocycles. The minimum atomic E-state index is -0.155. The molecule has 150 valence electrons. The lowest BCUT2D eigenvalue weighted by molar-refractivity contribution is 0.0932. The molecular weight excluding hydrogens is 370 g/mol. The van der Waals surface area contributed by atoms with Crippen molar-refractivity contribution in [3.8, 4) is 16.9 Å². The average molecular weight is 396 g/mol. The third-order valence-corrected chi connectivity index (χ3v) is 5.39. The van der Waals surface area contributed by atoms with Crippen molar-refractivity contribution in [2.75, 3.05) is 0 Å². The molecule has 1 heterocycles. The predicted octanol–water partition coefficient (Wildman–Crippen LogP) is 5.65. The predicted molar refractivity (Wildman–Crippen MR) is 121 cm³/mol. The molecule has 0 fully saturated rings. The van der Waals surface area contributed by atoms with Crippen LogP contribution in [0.3, 0.4) is 0 Å². The molecule has 4 nitrogen and oxygen atoms in total. The maximum absolute atomic E-state index is 13.2. The Labute approximate surface area is 177 Å². The zero-order valence-corrected chi connectivity index (χ0v) is 17.5. The van der Waals surface area contributed by atoms with E-state index in [0.29, 0.717) is 5.69 Å². The van der Waals surface area contributed by atoms with Gasteiger partial charge in [0, 0.05) is 5.56 Å². The van der Waals surface area contributed by atoms with Gasteiger partial charge >= 0.3 is 0 Å². The van der Waals surface area contributed by atoms with Gasteiger partial charge in [-0.05, 0) is 61.7 Å². The molecule has 1 amide bonds. The van der Waals surface area contributed by atoms with Gasteiger partial charge in [0.1, 0.15) is 5.69 Å². The second-order valence-electron chi connectivity index (χ2n) is 7.57. The van der Waals surface area contributed by atoms with Crippen LogP contribution in [0.5, 0.6) is 0 Å². The van der Waals surface area contributed by atoms with E-state index in [1.165, 1.54) is 11.1 Å². The molecule has 0 aliphatic heterocycles. The van der Waals surface area contributed by atoms with Gasteiger partial charge in [-0.25, -0.2) is 4.68 Å². The molecule has 1 aromatic heterocycles. The molecule has 0 aliphatic rings. The highest BCUT2D eigenvalue weighted by atomic mass is 16.2. The number of para-hydroxylation sites is 1. The van der Waals surface area contributed by atoms with Crippen molar-refractivity contribution in [2.24, 2.45) is 0 Å². The van der Waals surface area contributed by atoms with E-state index in [1.54, 1.807) is 4.68 Å². The smallest absolute Gasteiger partial charge is 0.270 e. The fraction of sp³-hybridized carbons (Fsp3) is 0.154. The van der Waals surface area contributed by atoms with Crippen molar-refractivity contribution in [2.45, 2.75) is 26.8 Å². The molecule has 0 spiro atoms. The lowest BCUT2D eigenvalue weighted by atomic mass is 10.0. The van der Waals surface area contributed by atoms with Crippen LogP contribution < -0.4 is 5.32 Å². The summed E-state index contributed by atoms with van der Waals surface area (Å²) in [6.45, 7) is 6.16. The molecule has 0 radical (unpaired) electrons. The number of hydrogen-bond acceptors (Lipinski definition) is 2. The molecule has 1 atom stereocenters. The Bertz CT molecular complexity index is 1160. The number of nitrogens with zero attached hydrogens (tertiary/aromatic N) is 2. The number of carbonyl (C=O) groups excluding carboxylic acids is 1. The Morgan fingerprint density at radius 3 is 2.20 bits per heavy atom. The van der Waals surface area contributed by atoms with Gasteiger partial charge in [-0.3, -0.25) is 4.79 Å². The molecule has 0 saturated heterocycles. The molecule has 0 saturated carbocycles. The van der Waals surface area contributed by atoms with Gasteiger partial charge in [-0.15, -0.1) is 0 Å². The summed E-state index contributed by atoms with van der Waals surface area (Å²) < 4.78 is 1.72. The number of amides is 1. The number of aromatic nitrogens is 2. The maximum Gasteiger partial charge on any atom is 0.270 e. The first kappa shape index (κ1) is 19.6. The molecule has 3 aromatic carbocycles. The highest BCUT2D eigenvalue weighted by molar-refractivity contribution is 5.94. The minimum absolute atomic E-state index is 0.108. The number of hydrogen-bond donors (Lipinski definition) is 1. The largest absolute Gasteiger partial charge is 0.344 e. The summed E-state index contributed by atoms with van der Waals surface area (Å²) in [5.41, 5.74) is 6.63. The van der Waals surface area contributed by atoms with Crippen LogP contribution in [-0.4, -0.2) is 15.7 Å². The number of aryl methyl sites for hydroxylation is 2. The summed E-state index contributed by atoms with van der Waals surface area (Å²) in [4.78, 5) is 13.2. The summed E-state index contributed by atoms with van der Waals surface area (Å²) in [6, 6.07) is 27.7. The maximum atomic E-state index is 13.2. The van der Waals surface area contributed by atoms with Crippen molar-refractivity contribution in [3.63, 3.8) is 0 Å². The SMILES string of the molecule is Cc1ccc(-c2cc(C(=O)NC(C)c3ccccc3)n(-c3ccccc3)n2)cc1C. The first-order chi connectivity index (χ1) is 14.5. The summed E-state index contributed by atoms with van der Waals surface area (Å²) in [5, 5.41) is 7.89. The molecule has 4 heteroatoms. The highest BCUT2D eigenvalue weighted by Crippen LogP contribution is 2.24. The third-order valence-electron chi connectivity index (χ3n) is 5.39. The van der Waals surface area contributed by atoms with Gasteiger partial charge < -0.3 is 5.32 Å². The van der Waals surface area contributed by atoms with Crippen LogP contribution in [0.2, 0.25) is 0 Å². The molecule has 4 rings (SSSR count). The van der Waals surface area contributed by atoms with Crippen LogP contribution in [0.15, 0.2) is 84.9 Å². The highest BCUT2D eigenvalue weighted by Gasteiger charge is 2.19. The van der Waals surface area contributed by atoms with E-state index >= 15 is 0 Å². The van der Waals surface area contributed by atoms with Gasteiger partial charge in [0.15, 0.2) is 0 Å². The van der Waals surface area contributed by atoms with Crippen molar-refractivity contribution >= 4 is 5.91 Å². The lowest BCUT2D eigenvalue weighted by Crippen LogP contribution is -2.28. The van der Waals surface area contributed by atoms with Crippen LogP contribution in [0.1, 0.15) is 40.1 Å². The first-order valence-electron chi connectivity index (χ1n) is 10.1. The zero-order valence-electron chi connectivity index (χ0n) is 17.5. The van der Waals surface area contributed by atoms with Gasteiger partial charge in [0.05, 0.1) is 17.4 Å². The number of nitrogens with one attached hydrogen (secondary N) is 1. The average Bonchev–Trinajstić information content (AvgIpc) is 3.22. The normalized spacial score (nSPS) is 11.8. The molecule has 1 unspecified atom stereocenters. The summed E-state index contributed by atoms with van der Waals surface area (Å²) in [6.07, 6.45) is 0. The fourth-order valence-electron chi connectivity index (χ4n) is 3.45. The Morgan fingerprint density at radius 1 is 0.867 bits per heavy atom. The lowest BCUT2D eigenvalue weighted by Gasteiger charge is -2.15. The van der Waals surface area contributed by atoms with Crippen molar-refractivity contribution < 1.29 is 4.79 Å². The van der Waals surface area contributed by atoms with E-state index in [1.807, 2.05) is 79.7 Å². The molecule has 1 N–H and O–H groups in total. The number of rotatable bonds is 5. The Balaban J connectivity index is 1.72. The second-order valence-corrected chi connectivity index (χ2v) is 7.57. The molecule has 4 aromatic rings. The first-order valence-corrected chi connectivity index (χ1v) is 10.1. The van der Waals surface area contributed by atoms with Crippen molar-refractivity contribution in [1.29, 1.82) is 0 Å². The summed E-state index contributed by atoms with van der Waals surface area (Å²) in [5.74, 6) is -0.155. The Kier molecular flexibility index (Phi) is 5.48. The summed E-state index contributed by atoms with van der Waals surface area (Å²) in [7, 11) is 0. The van der Waals surface area contributed by atoms with Gasteiger partial charge in [-0.1, -0.05) is 60.7 Å². The van der Waals surface area contributed by atoms with E-state index in [-0.39, 0.29) is 11.9 Å². The van der Waals surface area contributed by atoms with Gasteiger partial charge in [-0.2, -0.15) is 5.10 Å². The van der Waals surface area contributed by atoms with E-state index in [0.717, 1.165) is 22.5 Å². The minimum Gasteiger partial charge on any atom is -0.344 e. The quantitative estimate of drug-likeness (QED) is 0.475. The van der Waals surface area contributed by atoms with E-state index in [4.69, 9.17) is 5.10 Å². The standard InChI is InChI=1S/C26H25N3O/c1-18-14-15-22(16-19(18)2)24-17-25(29(28-24)23-12-8-5-9-13-23)26(30)27-20(3)21-10-6-4-7-11-21/h4-17,20H,1-3H3,(H,27,30). The van der Waals surface area contributed by atoms with E-state index in [2.05, 4.69) is 31.3 Å². The van der Waals surface area contributed by atoms with E-state index in [9.17, 15) is 4.79 Å². The van der Waals surface area contributed by atoms with Crippen molar-refractivity contribution in [1.82, 2.24) is 15.1 Å². The Morgan fingerprint density at radius 2 is 1.53 bits per heavy atom. The number of benzene rings is 3. The van der Waals surface area contributed by atoms with Crippen LogP contribution in [-0.2, 0) is 0 Å². The van der Waals surface area contributed by atoms with Crippen LogP contribution in [0.25, 0.3) is 16.9 Å². The zero-order chi connectivity index (χ0) is 21.1. The van der Waals surface area contributed by atoms with Crippen LogP contribution >= 0.6 is 0 Å². The summed E-state index contributed by atoms with van der Waals surface area (Å²) >= 11 is 0. The topological polar surface area (TPSA) is 46.9 Å². The Hall–Kier alpha value is -3.66. The van der Waals surface area contributed by atoms with Crippen LogP contribution in [0.4, 0.5) is 0 Å². The molecule has 30 heavy (non-hydrogen) atoms. The van der Waals surface area contributed by atoms with Crippen LogP contribution in [0, 0.1) is 13.8 Å². The third kappa shape index (κ3) is 4.03. The molecular formula is C26H25N3O. The molecule has 0 bridgehead atoms. The van der Waals surface area contributed by atoms with Gasteiger partial charge in [0.25, 0.3) is 5.91 Å². The fourth-order valence-corrected chi connectivity index (χ4v) is 3.45. The van der Waals surface area contributed by atoms with Crippen molar-refractivity contribution in [3.05, 3.63) is 107 Å². The van der Waals surface area contributed by atoms with Gasteiger partial charge in [0.2, 0.25) is 0 Å². The second kappa shape index (κ2) is 8.37.